The van der Waals surface area contributed by atoms with Crippen LogP contribution < -0.4 is 15.8 Å². The monoisotopic (exact) mass is 462 g/mol. The van der Waals surface area contributed by atoms with Gasteiger partial charge in [0.15, 0.2) is 5.17 Å². The number of hydrogen-bond donors (Lipinski definition) is 2. The zero-order valence-corrected chi connectivity index (χ0v) is 18.0. The first-order chi connectivity index (χ1) is 15.6. The summed E-state index contributed by atoms with van der Waals surface area (Å²) in [4.78, 5) is 41.2. The standard InChI is InChI=1S/C22H15ClN6O2S/c23-14-4-5-17-18(11-14)32-22-26-12-15(19(29(17)22)16-3-1-2-8-25-16)21(31)28-27-20(30)13-6-9-24-10-7-13/h1-12,19H,(H,27,30)(H,28,31)/t19-/m1/s1. The maximum Gasteiger partial charge on any atom is 0.269 e. The molecule has 158 valence electrons. The van der Waals surface area contributed by atoms with Gasteiger partial charge in [-0.2, -0.15) is 0 Å². The number of carbonyl (C=O) groups is 2. The van der Waals surface area contributed by atoms with Gasteiger partial charge in [0.25, 0.3) is 11.8 Å². The molecule has 1 atom stereocenters. The van der Waals surface area contributed by atoms with E-state index in [0.29, 0.717) is 21.9 Å². The minimum Gasteiger partial charge on any atom is -0.306 e. The molecule has 0 unspecified atom stereocenters. The number of halogens is 1. The molecule has 3 aromatic rings. The quantitative estimate of drug-likeness (QED) is 0.578. The molecule has 2 aromatic heterocycles. The molecule has 0 radical (unpaired) electrons. The lowest BCUT2D eigenvalue weighted by molar-refractivity contribution is -0.118. The molecule has 0 saturated heterocycles. The van der Waals surface area contributed by atoms with Crippen LogP contribution in [-0.4, -0.2) is 26.9 Å². The number of aromatic nitrogens is 2. The molecular formula is C22H15ClN6O2S. The molecule has 8 nitrogen and oxygen atoms in total. The first-order valence-electron chi connectivity index (χ1n) is 9.58. The fourth-order valence-electron chi connectivity index (χ4n) is 3.47. The molecule has 0 bridgehead atoms. The summed E-state index contributed by atoms with van der Waals surface area (Å²) >= 11 is 7.64. The van der Waals surface area contributed by atoms with Crippen molar-refractivity contribution in [1.82, 2.24) is 20.8 Å². The summed E-state index contributed by atoms with van der Waals surface area (Å²) in [6, 6.07) is 13.7. The molecule has 1 aromatic carbocycles. The lowest BCUT2D eigenvalue weighted by Gasteiger charge is -2.32. The van der Waals surface area contributed by atoms with Crippen molar-refractivity contribution in [2.45, 2.75) is 10.9 Å². The first kappa shape index (κ1) is 20.2. The Morgan fingerprint density at radius 3 is 2.59 bits per heavy atom. The second-order valence-electron chi connectivity index (χ2n) is 6.88. The van der Waals surface area contributed by atoms with Crippen molar-refractivity contribution < 1.29 is 9.59 Å². The fourth-order valence-corrected chi connectivity index (χ4v) is 4.76. The highest BCUT2D eigenvalue weighted by Crippen LogP contribution is 2.48. The molecule has 5 rings (SSSR count). The lowest BCUT2D eigenvalue weighted by atomic mass is 10.00. The molecule has 32 heavy (non-hydrogen) atoms. The number of anilines is 1. The zero-order valence-electron chi connectivity index (χ0n) is 16.4. The topological polar surface area (TPSA) is 99.6 Å². The number of nitrogens with zero attached hydrogens (tertiary/aromatic N) is 4. The van der Waals surface area contributed by atoms with Gasteiger partial charge in [-0.1, -0.05) is 17.7 Å². The number of hydrogen-bond acceptors (Lipinski definition) is 7. The second-order valence-corrected chi connectivity index (χ2v) is 8.33. The molecule has 2 aliphatic heterocycles. The lowest BCUT2D eigenvalue weighted by Crippen LogP contribution is -2.46. The summed E-state index contributed by atoms with van der Waals surface area (Å²) in [6.45, 7) is 0. The van der Waals surface area contributed by atoms with Gasteiger partial charge in [0.05, 0.1) is 17.0 Å². The van der Waals surface area contributed by atoms with E-state index in [1.165, 1.54) is 30.4 Å². The van der Waals surface area contributed by atoms with Gasteiger partial charge >= 0.3 is 0 Å². The normalized spacial score (nSPS) is 16.4. The summed E-state index contributed by atoms with van der Waals surface area (Å²) in [5.41, 5.74) is 7.19. The fraction of sp³-hybridized carbons (Fsp3) is 0.0455. The van der Waals surface area contributed by atoms with E-state index in [4.69, 9.17) is 11.6 Å². The van der Waals surface area contributed by atoms with E-state index in [0.717, 1.165) is 15.8 Å². The highest BCUT2D eigenvalue weighted by atomic mass is 35.5. The Hall–Kier alpha value is -3.69. The van der Waals surface area contributed by atoms with E-state index in [-0.39, 0.29) is 0 Å². The van der Waals surface area contributed by atoms with Gasteiger partial charge in [-0.25, -0.2) is 4.99 Å². The van der Waals surface area contributed by atoms with E-state index in [2.05, 4.69) is 25.8 Å². The van der Waals surface area contributed by atoms with Crippen LogP contribution >= 0.6 is 23.4 Å². The summed E-state index contributed by atoms with van der Waals surface area (Å²) in [5.74, 6) is -0.939. The van der Waals surface area contributed by atoms with Gasteiger partial charge in [0.2, 0.25) is 0 Å². The maximum absolute atomic E-state index is 13.1. The third-order valence-corrected chi connectivity index (χ3v) is 6.18. The van der Waals surface area contributed by atoms with Crippen LogP contribution in [0.25, 0.3) is 0 Å². The Bertz CT molecular complexity index is 1270. The molecule has 2 amide bonds. The largest absolute Gasteiger partial charge is 0.306 e. The third kappa shape index (κ3) is 3.72. The highest BCUT2D eigenvalue weighted by Gasteiger charge is 2.40. The summed E-state index contributed by atoms with van der Waals surface area (Å²) in [5, 5.41) is 1.34. The molecule has 0 fully saturated rings. The van der Waals surface area contributed by atoms with E-state index in [1.54, 1.807) is 24.4 Å². The number of thioether (sulfide) groups is 1. The number of carbonyl (C=O) groups excluding carboxylic acids is 2. The van der Waals surface area contributed by atoms with Crippen LogP contribution in [0.4, 0.5) is 5.69 Å². The number of benzene rings is 1. The van der Waals surface area contributed by atoms with Crippen molar-refractivity contribution in [3.8, 4) is 0 Å². The van der Waals surface area contributed by atoms with Crippen LogP contribution in [0.5, 0.6) is 0 Å². The summed E-state index contributed by atoms with van der Waals surface area (Å²) in [6.07, 6.45) is 6.19. The average molecular weight is 463 g/mol. The third-order valence-electron chi connectivity index (χ3n) is 4.92. The Labute approximate surface area is 192 Å². The van der Waals surface area contributed by atoms with Gasteiger partial charge in [-0.3, -0.25) is 30.4 Å². The number of aliphatic imine (C=N–C) groups is 1. The Morgan fingerprint density at radius 1 is 1.00 bits per heavy atom. The van der Waals surface area contributed by atoms with Gasteiger partial charge < -0.3 is 4.90 Å². The summed E-state index contributed by atoms with van der Waals surface area (Å²) < 4.78 is 0. The van der Waals surface area contributed by atoms with Crippen LogP contribution in [0.1, 0.15) is 22.1 Å². The smallest absolute Gasteiger partial charge is 0.269 e. The second kappa shape index (κ2) is 8.45. The van der Waals surface area contributed by atoms with Crippen molar-refractivity contribution in [1.29, 1.82) is 0 Å². The van der Waals surface area contributed by atoms with Gasteiger partial charge in [-0.15, -0.1) is 0 Å². The molecular weight excluding hydrogens is 448 g/mol. The van der Waals surface area contributed by atoms with E-state index >= 15 is 0 Å². The number of hydrazine groups is 1. The average Bonchev–Trinajstić information content (AvgIpc) is 3.20. The zero-order chi connectivity index (χ0) is 22.1. The van der Waals surface area contributed by atoms with Crippen LogP contribution in [0.15, 0.2) is 88.8 Å². The maximum atomic E-state index is 13.1. The molecule has 0 aliphatic carbocycles. The number of amidine groups is 1. The number of fused-ring (bicyclic) bond motifs is 3. The molecule has 2 aliphatic rings. The van der Waals surface area contributed by atoms with Gasteiger partial charge in [-0.05, 0) is 54.2 Å². The van der Waals surface area contributed by atoms with Gasteiger partial charge in [0, 0.05) is 40.3 Å². The molecule has 10 heteroatoms. The van der Waals surface area contributed by atoms with Crippen LogP contribution in [0.3, 0.4) is 0 Å². The van der Waals surface area contributed by atoms with E-state index in [1.807, 2.05) is 35.2 Å². The Kier molecular flexibility index (Phi) is 5.34. The number of amides is 2. The number of nitrogens with one attached hydrogen (secondary N) is 2. The Balaban J connectivity index is 1.45. The van der Waals surface area contributed by atoms with Gasteiger partial charge in [0.1, 0.15) is 6.04 Å². The number of rotatable bonds is 3. The summed E-state index contributed by atoms with van der Waals surface area (Å²) in [7, 11) is 0. The molecule has 2 N–H and O–H groups in total. The minimum absolute atomic E-state index is 0.339. The highest BCUT2D eigenvalue weighted by molar-refractivity contribution is 8.14. The van der Waals surface area contributed by atoms with Crippen LogP contribution in [-0.2, 0) is 4.79 Å². The SMILES string of the molecule is O=C(NNC(=O)c1ccncc1)C1=CN=C2Sc3cc(Cl)ccc3N2[C@H]1c1ccccn1. The van der Waals surface area contributed by atoms with E-state index in [9.17, 15) is 9.59 Å². The first-order valence-corrected chi connectivity index (χ1v) is 10.8. The van der Waals surface area contributed by atoms with E-state index < -0.39 is 17.9 Å². The van der Waals surface area contributed by atoms with Crippen molar-refractivity contribution in [2.75, 3.05) is 4.90 Å². The predicted molar refractivity (Wildman–Crippen MR) is 122 cm³/mol. The van der Waals surface area contributed by atoms with Crippen molar-refractivity contribution in [3.63, 3.8) is 0 Å². The van der Waals surface area contributed by atoms with Crippen molar-refractivity contribution in [2.24, 2.45) is 4.99 Å². The van der Waals surface area contributed by atoms with Crippen LogP contribution in [0.2, 0.25) is 5.02 Å². The molecule has 0 spiro atoms. The molecule has 4 heterocycles. The number of pyridine rings is 2. The molecule has 0 saturated carbocycles. The predicted octanol–water partition coefficient (Wildman–Crippen LogP) is 3.50. The van der Waals surface area contributed by atoms with Crippen molar-refractivity contribution in [3.05, 3.63) is 95.2 Å². The van der Waals surface area contributed by atoms with Crippen LogP contribution in [0, 0.1) is 0 Å². The van der Waals surface area contributed by atoms with Crippen molar-refractivity contribution >= 4 is 46.0 Å². The minimum atomic E-state index is -0.531. The Morgan fingerprint density at radius 2 is 1.81 bits per heavy atom.